The van der Waals surface area contributed by atoms with Gasteiger partial charge in [-0.05, 0) is 25.0 Å². The van der Waals surface area contributed by atoms with E-state index in [4.69, 9.17) is 0 Å². The van der Waals surface area contributed by atoms with Crippen LogP contribution in [0.25, 0.3) is 10.9 Å². The molecule has 2 aromatic rings. The maximum atomic E-state index is 4.32. The van der Waals surface area contributed by atoms with Crippen LogP contribution in [-0.2, 0) is 13.5 Å². The van der Waals surface area contributed by atoms with Crippen LogP contribution in [0.3, 0.4) is 0 Å². The van der Waals surface area contributed by atoms with Gasteiger partial charge in [0.2, 0.25) is 0 Å². The zero-order valence-electron chi connectivity index (χ0n) is 8.33. The monoisotopic (exact) mass is 174 g/mol. The molecular formula is C11H14N2. The van der Waals surface area contributed by atoms with Crippen LogP contribution in [0.4, 0.5) is 0 Å². The molecule has 2 nitrogen and oxygen atoms in total. The van der Waals surface area contributed by atoms with Crippen LogP contribution >= 0.6 is 0 Å². The fourth-order valence-electron chi connectivity index (χ4n) is 1.88. The normalized spacial score (nSPS) is 11.0. The first-order valence-corrected chi connectivity index (χ1v) is 4.63. The Hall–Kier alpha value is -1.31. The van der Waals surface area contributed by atoms with Gasteiger partial charge in [0.1, 0.15) is 0 Å². The molecule has 0 aliphatic carbocycles. The molecule has 2 rings (SSSR count). The van der Waals surface area contributed by atoms with Crippen molar-refractivity contribution in [1.82, 2.24) is 9.55 Å². The van der Waals surface area contributed by atoms with Crippen molar-refractivity contribution in [2.24, 2.45) is 7.05 Å². The Morgan fingerprint density at radius 2 is 2.23 bits per heavy atom. The Labute approximate surface area is 78.2 Å². The molecule has 2 aromatic heterocycles. The largest absolute Gasteiger partial charge is 0.350 e. The Morgan fingerprint density at radius 3 is 2.92 bits per heavy atom. The SMILES string of the molecule is CCc1cn(C)c2ccnc(C)c12. The molecule has 0 atom stereocenters. The van der Waals surface area contributed by atoms with Crippen LogP contribution in [0, 0.1) is 6.92 Å². The van der Waals surface area contributed by atoms with Crippen LogP contribution < -0.4 is 0 Å². The van der Waals surface area contributed by atoms with Gasteiger partial charge < -0.3 is 4.57 Å². The lowest BCUT2D eigenvalue weighted by Gasteiger charge is -1.98. The molecule has 0 radical (unpaired) electrons. The summed E-state index contributed by atoms with van der Waals surface area (Å²) in [5.41, 5.74) is 3.81. The van der Waals surface area contributed by atoms with E-state index in [9.17, 15) is 0 Å². The minimum Gasteiger partial charge on any atom is -0.350 e. The van der Waals surface area contributed by atoms with Crippen molar-refractivity contribution in [3.05, 3.63) is 29.7 Å². The number of pyridine rings is 1. The Morgan fingerprint density at radius 1 is 1.46 bits per heavy atom. The molecular weight excluding hydrogens is 160 g/mol. The van der Waals surface area contributed by atoms with E-state index in [0.29, 0.717) is 0 Å². The molecule has 0 spiro atoms. The van der Waals surface area contributed by atoms with Crippen LogP contribution in [0.2, 0.25) is 0 Å². The van der Waals surface area contributed by atoms with Crippen LogP contribution in [0.1, 0.15) is 18.2 Å². The molecule has 2 heteroatoms. The highest BCUT2D eigenvalue weighted by Gasteiger charge is 2.06. The number of aryl methyl sites for hydroxylation is 3. The second-order valence-electron chi connectivity index (χ2n) is 3.41. The predicted octanol–water partition coefficient (Wildman–Crippen LogP) is 2.44. The molecule has 68 valence electrons. The highest BCUT2D eigenvalue weighted by Crippen LogP contribution is 2.22. The number of hydrogen-bond donors (Lipinski definition) is 0. The molecule has 0 aromatic carbocycles. The van der Waals surface area contributed by atoms with Crippen molar-refractivity contribution in [3.8, 4) is 0 Å². The number of fused-ring (bicyclic) bond motifs is 1. The Kier molecular flexibility index (Phi) is 1.83. The van der Waals surface area contributed by atoms with Crippen LogP contribution in [0.5, 0.6) is 0 Å². The van der Waals surface area contributed by atoms with Gasteiger partial charge >= 0.3 is 0 Å². The fourth-order valence-corrected chi connectivity index (χ4v) is 1.88. The molecule has 0 aliphatic rings. The lowest BCUT2D eigenvalue weighted by Crippen LogP contribution is -1.86. The van der Waals surface area contributed by atoms with Gasteiger partial charge in [0.05, 0.1) is 5.52 Å². The topological polar surface area (TPSA) is 17.8 Å². The third-order valence-electron chi connectivity index (χ3n) is 2.55. The summed E-state index contributed by atoms with van der Waals surface area (Å²) in [4.78, 5) is 4.32. The van der Waals surface area contributed by atoms with Gasteiger partial charge in [-0.2, -0.15) is 0 Å². The minimum atomic E-state index is 1.07. The quantitative estimate of drug-likeness (QED) is 0.649. The average molecular weight is 174 g/mol. The molecule has 0 fully saturated rings. The lowest BCUT2D eigenvalue weighted by molar-refractivity contribution is 0.954. The Balaban J connectivity index is 2.89. The van der Waals surface area contributed by atoms with Gasteiger partial charge in [-0.15, -0.1) is 0 Å². The van der Waals surface area contributed by atoms with Crippen LogP contribution in [0.15, 0.2) is 18.5 Å². The van der Waals surface area contributed by atoms with Crippen molar-refractivity contribution in [1.29, 1.82) is 0 Å². The van der Waals surface area contributed by atoms with E-state index in [1.165, 1.54) is 16.5 Å². The second kappa shape index (κ2) is 2.87. The molecule has 0 amide bonds. The zero-order valence-corrected chi connectivity index (χ0v) is 8.33. The molecule has 0 saturated heterocycles. The number of nitrogens with zero attached hydrogens (tertiary/aromatic N) is 2. The summed E-state index contributed by atoms with van der Waals surface area (Å²) in [5.74, 6) is 0. The molecule has 0 N–H and O–H groups in total. The van der Waals surface area contributed by atoms with Gasteiger partial charge in [-0.1, -0.05) is 6.92 Å². The number of aromatic nitrogens is 2. The molecule has 0 unspecified atom stereocenters. The average Bonchev–Trinajstić information content (AvgIpc) is 2.45. The fraction of sp³-hybridized carbons (Fsp3) is 0.364. The lowest BCUT2D eigenvalue weighted by atomic mass is 10.1. The van der Waals surface area contributed by atoms with Crippen molar-refractivity contribution in [3.63, 3.8) is 0 Å². The van der Waals surface area contributed by atoms with E-state index in [1.807, 2.05) is 6.20 Å². The van der Waals surface area contributed by atoms with Crippen molar-refractivity contribution < 1.29 is 0 Å². The maximum absolute atomic E-state index is 4.32. The number of hydrogen-bond acceptors (Lipinski definition) is 1. The van der Waals surface area contributed by atoms with E-state index in [1.54, 1.807) is 0 Å². The standard InChI is InChI=1S/C11H14N2/c1-4-9-7-13(3)10-5-6-12-8(2)11(9)10/h5-7H,4H2,1-3H3. The van der Waals surface area contributed by atoms with Crippen molar-refractivity contribution in [2.45, 2.75) is 20.3 Å². The van der Waals surface area contributed by atoms with Gasteiger partial charge in [0.15, 0.2) is 0 Å². The van der Waals surface area contributed by atoms with Gasteiger partial charge in [-0.3, -0.25) is 4.98 Å². The van der Waals surface area contributed by atoms with Gasteiger partial charge in [-0.25, -0.2) is 0 Å². The zero-order chi connectivity index (χ0) is 9.42. The molecule has 0 bridgehead atoms. The Bertz CT molecular complexity index is 441. The first kappa shape index (κ1) is 8.30. The number of rotatable bonds is 1. The second-order valence-corrected chi connectivity index (χ2v) is 3.41. The summed E-state index contributed by atoms with van der Waals surface area (Å²) < 4.78 is 2.17. The maximum Gasteiger partial charge on any atom is 0.0514 e. The molecule has 2 heterocycles. The summed E-state index contributed by atoms with van der Waals surface area (Å²) >= 11 is 0. The smallest absolute Gasteiger partial charge is 0.0514 e. The van der Waals surface area contributed by atoms with Gasteiger partial charge in [0.25, 0.3) is 0 Å². The summed E-state index contributed by atoms with van der Waals surface area (Å²) in [7, 11) is 2.08. The molecule has 13 heavy (non-hydrogen) atoms. The van der Waals surface area contributed by atoms with E-state index >= 15 is 0 Å². The highest BCUT2D eigenvalue weighted by molar-refractivity contribution is 5.85. The van der Waals surface area contributed by atoms with Gasteiger partial charge in [0, 0.05) is 30.5 Å². The summed E-state index contributed by atoms with van der Waals surface area (Å²) in [6.07, 6.45) is 5.14. The van der Waals surface area contributed by atoms with E-state index in [2.05, 4.69) is 42.7 Å². The summed E-state index contributed by atoms with van der Waals surface area (Å²) in [6.45, 7) is 4.25. The first-order chi connectivity index (χ1) is 6.24. The first-order valence-electron chi connectivity index (χ1n) is 4.63. The summed E-state index contributed by atoms with van der Waals surface area (Å²) in [5, 5.41) is 1.33. The van der Waals surface area contributed by atoms with Crippen molar-refractivity contribution >= 4 is 10.9 Å². The highest BCUT2D eigenvalue weighted by atomic mass is 14.9. The van der Waals surface area contributed by atoms with Crippen LogP contribution in [-0.4, -0.2) is 9.55 Å². The predicted molar refractivity (Wildman–Crippen MR) is 54.8 cm³/mol. The molecule has 0 aliphatic heterocycles. The van der Waals surface area contributed by atoms with E-state index in [0.717, 1.165) is 12.1 Å². The summed E-state index contributed by atoms with van der Waals surface area (Å²) in [6, 6.07) is 2.07. The third-order valence-corrected chi connectivity index (χ3v) is 2.55. The minimum absolute atomic E-state index is 1.07. The molecule has 0 saturated carbocycles. The van der Waals surface area contributed by atoms with E-state index < -0.39 is 0 Å². The third kappa shape index (κ3) is 1.13. The van der Waals surface area contributed by atoms with E-state index in [-0.39, 0.29) is 0 Å². The van der Waals surface area contributed by atoms with Crippen molar-refractivity contribution in [2.75, 3.05) is 0 Å².